The van der Waals surface area contributed by atoms with Gasteiger partial charge < -0.3 is 29.1 Å². The Balaban J connectivity index is 1.21. The number of fused-ring (bicyclic) bond motifs is 1. The first-order valence-electron chi connectivity index (χ1n) is 15.2. The van der Waals surface area contributed by atoms with Crippen LogP contribution in [0.5, 0.6) is 17.2 Å². The van der Waals surface area contributed by atoms with E-state index in [1.54, 1.807) is 7.11 Å². The molecular weight excluding hydrogens is 512 g/mol. The first kappa shape index (κ1) is 29.3. The van der Waals surface area contributed by atoms with Gasteiger partial charge in [0.2, 0.25) is 0 Å². The predicted octanol–water partition coefficient (Wildman–Crippen LogP) is 6.44. The van der Waals surface area contributed by atoms with E-state index in [2.05, 4.69) is 72.3 Å². The van der Waals surface area contributed by atoms with Crippen molar-refractivity contribution in [3.05, 3.63) is 82.9 Å². The van der Waals surface area contributed by atoms with Crippen LogP contribution in [0.1, 0.15) is 54.4 Å². The SMILES string of the molecule is CCN(Cc1ccc(OCCN(C)CC2CCOCC2)cc1)c1cc(OC)ccc1C1CCc2cc(O)ccc2C1. The number of phenolic OH excluding ortho intramolecular Hbond substituents is 1. The summed E-state index contributed by atoms with van der Waals surface area (Å²) in [6.07, 6.45) is 5.38. The number of ether oxygens (including phenoxy) is 3. The molecule has 0 aromatic heterocycles. The van der Waals surface area contributed by atoms with Crippen molar-refractivity contribution in [3.8, 4) is 17.2 Å². The predicted molar refractivity (Wildman–Crippen MR) is 166 cm³/mol. The molecule has 0 spiro atoms. The monoisotopic (exact) mass is 558 g/mol. The Morgan fingerprint density at radius 2 is 1.71 bits per heavy atom. The third kappa shape index (κ3) is 7.75. The van der Waals surface area contributed by atoms with Gasteiger partial charge in [0.05, 0.1) is 7.11 Å². The van der Waals surface area contributed by atoms with Crippen LogP contribution in [0.2, 0.25) is 0 Å². The number of hydrogen-bond donors (Lipinski definition) is 1. The van der Waals surface area contributed by atoms with Crippen LogP contribution in [-0.2, 0) is 24.1 Å². The molecule has 0 radical (unpaired) electrons. The molecule has 6 nitrogen and oxygen atoms in total. The molecular formula is C35H46N2O4. The van der Waals surface area contributed by atoms with Crippen molar-refractivity contribution >= 4 is 5.69 Å². The Hall–Kier alpha value is -3.22. The first-order valence-corrected chi connectivity index (χ1v) is 15.2. The lowest BCUT2D eigenvalue weighted by Crippen LogP contribution is -2.32. The number of phenols is 1. The summed E-state index contributed by atoms with van der Waals surface area (Å²) in [5.41, 5.74) is 6.49. The molecule has 5 rings (SSSR count). The molecule has 1 N–H and O–H groups in total. The van der Waals surface area contributed by atoms with Gasteiger partial charge in [0.25, 0.3) is 0 Å². The van der Waals surface area contributed by atoms with E-state index >= 15 is 0 Å². The zero-order valence-corrected chi connectivity index (χ0v) is 25.0. The summed E-state index contributed by atoms with van der Waals surface area (Å²) in [4.78, 5) is 4.83. The highest BCUT2D eigenvalue weighted by atomic mass is 16.5. The lowest BCUT2D eigenvalue weighted by Gasteiger charge is -2.32. The van der Waals surface area contributed by atoms with Crippen molar-refractivity contribution in [2.45, 2.75) is 51.5 Å². The standard InChI is InChI=1S/C35H46N2O4/c1-4-37(25-26-5-11-32(12-6-26)41-20-17-36(2)24-27-15-18-40-19-16-27)35-23-33(39-3)13-14-34(35)30-8-7-29-22-31(38)10-9-28(29)21-30/h5-6,9-14,22-23,27,30,38H,4,7-8,15-21,24-25H2,1-3H3. The average molecular weight is 559 g/mol. The van der Waals surface area contributed by atoms with Gasteiger partial charge in [0.15, 0.2) is 0 Å². The van der Waals surface area contributed by atoms with Crippen molar-refractivity contribution in [2.75, 3.05) is 58.5 Å². The van der Waals surface area contributed by atoms with Gasteiger partial charge in [0.1, 0.15) is 23.9 Å². The van der Waals surface area contributed by atoms with Gasteiger partial charge >= 0.3 is 0 Å². The van der Waals surface area contributed by atoms with E-state index in [1.807, 2.05) is 12.1 Å². The quantitative estimate of drug-likeness (QED) is 0.276. The minimum atomic E-state index is 0.360. The Labute approximate surface area is 245 Å². The maximum Gasteiger partial charge on any atom is 0.120 e. The van der Waals surface area contributed by atoms with Gasteiger partial charge in [0, 0.05) is 51.1 Å². The van der Waals surface area contributed by atoms with Crippen LogP contribution in [0.15, 0.2) is 60.7 Å². The molecule has 1 aliphatic carbocycles. The molecule has 220 valence electrons. The molecule has 6 heteroatoms. The summed E-state index contributed by atoms with van der Waals surface area (Å²) in [6.45, 7) is 8.47. The molecule has 1 fully saturated rings. The topological polar surface area (TPSA) is 54.4 Å². The Morgan fingerprint density at radius 1 is 0.927 bits per heavy atom. The summed E-state index contributed by atoms with van der Waals surface area (Å²) in [5, 5.41) is 9.92. The number of nitrogens with zero attached hydrogens (tertiary/aromatic N) is 2. The molecule has 41 heavy (non-hydrogen) atoms. The normalized spacial score (nSPS) is 17.3. The Kier molecular flexibility index (Phi) is 10.1. The van der Waals surface area contributed by atoms with Gasteiger partial charge in [-0.2, -0.15) is 0 Å². The van der Waals surface area contributed by atoms with E-state index in [4.69, 9.17) is 14.2 Å². The maximum atomic E-state index is 9.92. The lowest BCUT2D eigenvalue weighted by molar-refractivity contribution is 0.0543. The van der Waals surface area contributed by atoms with Crippen LogP contribution in [-0.4, -0.2) is 63.6 Å². The van der Waals surface area contributed by atoms with Crippen LogP contribution in [0.3, 0.4) is 0 Å². The van der Waals surface area contributed by atoms with Crippen LogP contribution in [0.4, 0.5) is 5.69 Å². The molecule has 1 aliphatic heterocycles. The van der Waals surface area contributed by atoms with E-state index in [-0.39, 0.29) is 0 Å². The zero-order chi connectivity index (χ0) is 28.6. The summed E-state index contributed by atoms with van der Waals surface area (Å²) in [5.74, 6) is 3.34. The molecule has 0 amide bonds. The summed E-state index contributed by atoms with van der Waals surface area (Å²) in [6, 6.07) is 20.9. The second-order valence-electron chi connectivity index (χ2n) is 11.6. The number of benzene rings is 3. The van der Waals surface area contributed by atoms with Crippen LogP contribution in [0.25, 0.3) is 0 Å². The molecule has 1 heterocycles. The number of hydrogen-bond acceptors (Lipinski definition) is 6. The number of anilines is 1. The molecule has 3 aromatic carbocycles. The number of rotatable bonds is 12. The number of methoxy groups -OCH3 is 1. The maximum absolute atomic E-state index is 9.92. The molecule has 0 bridgehead atoms. The largest absolute Gasteiger partial charge is 0.508 e. The zero-order valence-electron chi connectivity index (χ0n) is 25.0. The van der Waals surface area contributed by atoms with Crippen molar-refractivity contribution in [1.29, 1.82) is 0 Å². The highest BCUT2D eigenvalue weighted by molar-refractivity contribution is 5.60. The molecule has 1 saturated heterocycles. The molecule has 3 aromatic rings. The van der Waals surface area contributed by atoms with E-state index in [1.165, 1.54) is 40.8 Å². The molecule has 2 aliphatic rings. The van der Waals surface area contributed by atoms with Crippen molar-refractivity contribution < 1.29 is 19.3 Å². The van der Waals surface area contributed by atoms with Crippen molar-refractivity contribution in [3.63, 3.8) is 0 Å². The second-order valence-corrected chi connectivity index (χ2v) is 11.6. The second kappa shape index (κ2) is 14.1. The molecule has 0 saturated carbocycles. The summed E-state index contributed by atoms with van der Waals surface area (Å²) < 4.78 is 17.2. The molecule has 1 unspecified atom stereocenters. The third-order valence-electron chi connectivity index (χ3n) is 8.77. The fraction of sp³-hybridized carbons (Fsp3) is 0.486. The van der Waals surface area contributed by atoms with Gasteiger partial charge in [-0.05, 0) is 110 Å². The third-order valence-corrected chi connectivity index (χ3v) is 8.77. The summed E-state index contributed by atoms with van der Waals surface area (Å²) in [7, 11) is 3.92. The average Bonchev–Trinajstić information content (AvgIpc) is 3.00. The fourth-order valence-electron chi connectivity index (χ4n) is 6.34. The number of aryl methyl sites for hydroxylation is 1. The van der Waals surface area contributed by atoms with E-state index in [0.29, 0.717) is 18.3 Å². The number of aromatic hydroxyl groups is 1. The molecule has 1 atom stereocenters. The van der Waals surface area contributed by atoms with Crippen LogP contribution < -0.4 is 14.4 Å². The lowest BCUT2D eigenvalue weighted by atomic mass is 9.79. The van der Waals surface area contributed by atoms with E-state index in [9.17, 15) is 5.11 Å². The Bertz CT molecular complexity index is 1260. The van der Waals surface area contributed by atoms with E-state index < -0.39 is 0 Å². The van der Waals surface area contributed by atoms with Gasteiger partial charge in [-0.15, -0.1) is 0 Å². The van der Waals surface area contributed by atoms with E-state index in [0.717, 1.165) is 76.1 Å². The van der Waals surface area contributed by atoms with Gasteiger partial charge in [-0.3, -0.25) is 0 Å². The van der Waals surface area contributed by atoms with Crippen molar-refractivity contribution in [1.82, 2.24) is 4.90 Å². The highest BCUT2D eigenvalue weighted by Crippen LogP contribution is 2.40. The number of likely N-dealkylation sites (N-methyl/N-ethyl adjacent to an activating group) is 1. The van der Waals surface area contributed by atoms with Crippen molar-refractivity contribution in [2.24, 2.45) is 5.92 Å². The smallest absolute Gasteiger partial charge is 0.120 e. The van der Waals surface area contributed by atoms with Gasteiger partial charge in [-0.25, -0.2) is 0 Å². The summed E-state index contributed by atoms with van der Waals surface area (Å²) >= 11 is 0. The van der Waals surface area contributed by atoms with Crippen LogP contribution >= 0.6 is 0 Å². The fourth-order valence-corrected chi connectivity index (χ4v) is 6.34. The highest BCUT2D eigenvalue weighted by Gasteiger charge is 2.25. The minimum absolute atomic E-state index is 0.360. The van der Waals surface area contributed by atoms with Gasteiger partial charge in [-0.1, -0.05) is 24.3 Å². The van der Waals surface area contributed by atoms with Crippen LogP contribution in [0, 0.1) is 5.92 Å². The minimum Gasteiger partial charge on any atom is -0.508 e. The first-order chi connectivity index (χ1) is 20.0. The Morgan fingerprint density at radius 3 is 2.46 bits per heavy atom.